The summed E-state index contributed by atoms with van der Waals surface area (Å²) in [6.07, 6.45) is 5.39. The fraction of sp³-hybridized carbons (Fsp3) is 0.438. The van der Waals surface area contributed by atoms with E-state index in [2.05, 4.69) is 16.7 Å². The van der Waals surface area contributed by atoms with Gasteiger partial charge < -0.3 is 9.73 Å². The van der Waals surface area contributed by atoms with Crippen LogP contribution in [0.2, 0.25) is 0 Å². The van der Waals surface area contributed by atoms with E-state index in [1.54, 1.807) is 0 Å². The smallest absolute Gasteiger partial charge is 0.341 e. The average molecular weight is 284 g/mol. The number of allylic oxidation sites excluding steroid dienone is 1. The van der Waals surface area contributed by atoms with Gasteiger partial charge in [0.1, 0.15) is 5.76 Å². The standard InChI is InChI=1S/C16H16N2O3/c1-9-8-12-13(15(19)18-9)11(5-3-4-10-6-7-10)14(17-2)16(20)21-12/h10H,1,3-8H2,(H,18,19). The molecule has 0 bridgehead atoms. The van der Waals surface area contributed by atoms with Gasteiger partial charge in [0.05, 0.1) is 12.1 Å². The molecule has 1 fully saturated rings. The first-order valence-electron chi connectivity index (χ1n) is 7.15. The number of fused-ring (bicyclic) bond motifs is 1. The number of carbonyl (C=O) groups excluding carboxylic acids is 1. The predicted molar refractivity (Wildman–Crippen MR) is 77.2 cm³/mol. The van der Waals surface area contributed by atoms with Gasteiger partial charge >= 0.3 is 5.63 Å². The summed E-state index contributed by atoms with van der Waals surface area (Å²) in [7, 11) is 0. The van der Waals surface area contributed by atoms with Crippen molar-refractivity contribution in [2.45, 2.75) is 38.5 Å². The molecule has 0 radical (unpaired) electrons. The van der Waals surface area contributed by atoms with E-state index in [0.29, 0.717) is 35.4 Å². The van der Waals surface area contributed by atoms with E-state index < -0.39 is 5.63 Å². The highest BCUT2D eigenvalue weighted by atomic mass is 16.4. The zero-order valence-electron chi connectivity index (χ0n) is 11.7. The largest absolute Gasteiger partial charge is 0.435 e. The van der Waals surface area contributed by atoms with E-state index in [9.17, 15) is 9.59 Å². The normalized spacial score (nSPS) is 17.1. The van der Waals surface area contributed by atoms with Crippen molar-refractivity contribution in [3.05, 3.63) is 51.0 Å². The molecular weight excluding hydrogens is 268 g/mol. The van der Waals surface area contributed by atoms with Crippen molar-refractivity contribution in [3.8, 4) is 0 Å². The highest BCUT2D eigenvalue weighted by molar-refractivity contribution is 6.00. The summed E-state index contributed by atoms with van der Waals surface area (Å²) in [4.78, 5) is 27.4. The van der Waals surface area contributed by atoms with Gasteiger partial charge in [0.2, 0.25) is 0 Å². The summed E-state index contributed by atoms with van der Waals surface area (Å²) in [5, 5.41) is 2.66. The zero-order chi connectivity index (χ0) is 15.0. The van der Waals surface area contributed by atoms with Gasteiger partial charge in [-0.2, -0.15) is 0 Å². The topological polar surface area (TPSA) is 63.7 Å². The van der Waals surface area contributed by atoms with Crippen molar-refractivity contribution in [2.24, 2.45) is 5.92 Å². The lowest BCUT2D eigenvalue weighted by Crippen LogP contribution is -2.32. The quantitative estimate of drug-likeness (QED) is 0.865. The Hall–Kier alpha value is -2.35. The maximum Gasteiger partial charge on any atom is 0.341 e. The second-order valence-electron chi connectivity index (χ2n) is 5.70. The molecular formula is C16H16N2O3. The van der Waals surface area contributed by atoms with Gasteiger partial charge in [-0.1, -0.05) is 32.3 Å². The van der Waals surface area contributed by atoms with Crippen molar-refractivity contribution in [3.63, 3.8) is 0 Å². The number of hydrogen-bond donors (Lipinski definition) is 1. The summed E-state index contributed by atoms with van der Waals surface area (Å²) < 4.78 is 5.15. The third-order valence-electron chi connectivity index (χ3n) is 4.01. The number of carbonyl (C=O) groups is 1. The van der Waals surface area contributed by atoms with Crippen molar-refractivity contribution in [2.75, 3.05) is 0 Å². The molecule has 21 heavy (non-hydrogen) atoms. The molecule has 5 nitrogen and oxygen atoms in total. The Balaban J connectivity index is 2.01. The molecule has 3 rings (SSSR count). The molecule has 2 heterocycles. The Morgan fingerprint density at radius 3 is 2.81 bits per heavy atom. The Bertz CT molecular complexity index is 720. The molecule has 0 unspecified atom stereocenters. The van der Waals surface area contributed by atoms with E-state index in [-0.39, 0.29) is 11.6 Å². The van der Waals surface area contributed by atoms with Gasteiger partial charge in [-0.25, -0.2) is 4.85 Å². The van der Waals surface area contributed by atoms with Crippen LogP contribution in [0.3, 0.4) is 0 Å². The Morgan fingerprint density at radius 2 is 2.14 bits per heavy atom. The number of nitrogens with one attached hydrogen (secondary N) is 1. The fourth-order valence-corrected chi connectivity index (χ4v) is 2.80. The first-order valence-corrected chi connectivity index (χ1v) is 7.15. The van der Waals surface area contributed by atoms with E-state index >= 15 is 0 Å². The molecule has 108 valence electrons. The first kappa shape index (κ1) is 13.6. The third kappa shape index (κ3) is 2.62. The molecule has 1 saturated carbocycles. The van der Waals surface area contributed by atoms with Gasteiger partial charge in [0, 0.05) is 12.1 Å². The predicted octanol–water partition coefficient (Wildman–Crippen LogP) is 2.72. The third-order valence-corrected chi connectivity index (χ3v) is 4.01. The van der Waals surface area contributed by atoms with Gasteiger partial charge in [0.25, 0.3) is 11.6 Å². The van der Waals surface area contributed by atoms with Gasteiger partial charge in [-0.3, -0.25) is 9.59 Å². The minimum Gasteiger partial charge on any atom is -0.435 e. The molecule has 0 saturated heterocycles. The van der Waals surface area contributed by atoms with Crippen LogP contribution in [0.25, 0.3) is 4.85 Å². The van der Waals surface area contributed by atoms with Crippen LogP contribution in [-0.4, -0.2) is 5.91 Å². The van der Waals surface area contributed by atoms with Crippen LogP contribution in [0.15, 0.2) is 21.5 Å². The Labute approximate surface area is 122 Å². The Morgan fingerprint density at radius 1 is 1.38 bits per heavy atom. The van der Waals surface area contributed by atoms with E-state index in [4.69, 9.17) is 11.0 Å². The summed E-state index contributed by atoms with van der Waals surface area (Å²) in [6.45, 7) is 10.9. The second kappa shape index (κ2) is 5.21. The highest BCUT2D eigenvalue weighted by Crippen LogP contribution is 2.35. The maximum absolute atomic E-state index is 12.2. The molecule has 1 aliphatic heterocycles. The van der Waals surface area contributed by atoms with Crippen LogP contribution in [-0.2, 0) is 12.8 Å². The van der Waals surface area contributed by atoms with Crippen molar-refractivity contribution in [1.82, 2.24) is 5.32 Å². The number of amides is 1. The molecule has 0 aromatic carbocycles. The fourth-order valence-electron chi connectivity index (χ4n) is 2.80. The Kier molecular flexibility index (Phi) is 3.38. The summed E-state index contributed by atoms with van der Waals surface area (Å²) >= 11 is 0. The molecule has 0 spiro atoms. The molecule has 1 aromatic rings. The van der Waals surface area contributed by atoms with Gasteiger partial charge in [-0.05, 0) is 17.9 Å². The lowest BCUT2D eigenvalue weighted by molar-refractivity contribution is 0.0952. The molecule has 5 heteroatoms. The first-order chi connectivity index (χ1) is 10.1. The lowest BCUT2D eigenvalue weighted by Gasteiger charge is -2.20. The second-order valence-corrected chi connectivity index (χ2v) is 5.70. The summed E-state index contributed by atoms with van der Waals surface area (Å²) in [5.41, 5.74) is 0.723. The van der Waals surface area contributed by atoms with Gasteiger partial charge in [-0.15, -0.1) is 0 Å². The van der Waals surface area contributed by atoms with Crippen LogP contribution in [0.1, 0.15) is 47.4 Å². The summed E-state index contributed by atoms with van der Waals surface area (Å²) in [5.74, 6) is 0.796. The molecule has 2 aliphatic rings. The van der Waals surface area contributed by atoms with Crippen molar-refractivity contribution < 1.29 is 9.21 Å². The SMILES string of the molecule is [C-]#[N+]c1c(CCCC2CC2)c2c(oc1=O)CC(=C)NC2=O. The van der Waals surface area contributed by atoms with Crippen LogP contribution in [0.5, 0.6) is 0 Å². The molecule has 1 aromatic heterocycles. The average Bonchev–Trinajstić information content (AvgIpc) is 3.21. The maximum atomic E-state index is 12.2. The monoisotopic (exact) mass is 284 g/mol. The van der Waals surface area contributed by atoms with Crippen LogP contribution < -0.4 is 10.9 Å². The molecule has 0 atom stereocenters. The number of hydrogen-bond acceptors (Lipinski definition) is 3. The minimum absolute atomic E-state index is 0.0489. The van der Waals surface area contributed by atoms with Crippen molar-refractivity contribution >= 4 is 11.6 Å². The van der Waals surface area contributed by atoms with Crippen molar-refractivity contribution in [1.29, 1.82) is 0 Å². The minimum atomic E-state index is -0.646. The van der Waals surface area contributed by atoms with E-state index in [1.807, 2.05) is 0 Å². The summed E-state index contributed by atoms with van der Waals surface area (Å²) in [6, 6.07) is 0. The van der Waals surface area contributed by atoms with Crippen LogP contribution in [0.4, 0.5) is 5.69 Å². The zero-order valence-corrected chi connectivity index (χ0v) is 11.7. The van der Waals surface area contributed by atoms with E-state index in [0.717, 1.165) is 18.8 Å². The van der Waals surface area contributed by atoms with Crippen LogP contribution >= 0.6 is 0 Å². The lowest BCUT2D eigenvalue weighted by atomic mass is 9.95. The molecule has 1 amide bonds. The van der Waals surface area contributed by atoms with Gasteiger partial charge in [0.15, 0.2) is 0 Å². The molecule has 1 aliphatic carbocycles. The number of rotatable bonds is 4. The van der Waals surface area contributed by atoms with E-state index in [1.165, 1.54) is 12.8 Å². The number of nitrogens with zero attached hydrogens (tertiary/aromatic N) is 1. The van der Waals surface area contributed by atoms with Crippen LogP contribution in [0, 0.1) is 12.5 Å². The highest BCUT2D eigenvalue weighted by Gasteiger charge is 2.29. The molecule has 1 N–H and O–H groups in total.